The van der Waals surface area contributed by atoms with Crippen LogP contribution < -0.4 is 0 Å². The van der Waals surface area contributed by atoms with Gasteiger partial charge in [0.2, 0.25) is 0 Å². The summed E-state index contributed by atoms with van der Waals surface area (Å²) in [7, 11) is 0. The topological polar surface area (TPSA) is 81.5 Å². The first kappa shape index (κ1) is 21.6. The molecule has 1 aliphatic heterocycles. The van der Waals surface area contributed by atoms with Crippen molar-refractivity contribution >= 4 is 11.2 Å². The van der Waals surface area contributed by atoms with Gasteiger partial charge in [-0.1, -0.05) is 6.92 Å². The number of hydrogen-bond acceptors (Lipinski definition) is 5. The van der Waals surface area contributed by atoms with Crippen molar-refractivity contribution in [3.05, 3.63) is 78.4 Å². The Balaban J connectivity index is 1.39. The van der Waals surface area contributed by atoms with Crippen molar-refractivity contribution in [1.29, 1.82) is 0 Å². The number of ether oxygens (including phenoxy) is 1. The highest BCUT2D eigenvalue weighted by atomic mass is 19.1. The average Bonchev–Trinajstić information content (AvgIpc) is 3.56. The van der Waals surface area contributed by atoms with Crippen molar-refractivity contribution < 1.29 is 9.13 Å². The number of aromatic amines is 1. The van der Waals surface area contributed by atoms with Gasteiger partial charge in [0.05, 0.1) is 23.8 Å². The van der Waals surface area contributed by atoms with Crippen LogP contribution in [0.4, 0.5) is 4.39 Å². The van der Waals surface area contributed by atoms with Crippen LogP contribution >= 0.6 is 0 Å². The highest BCUT2D eigenvalue weighted by Crippen LogP contribution is 2.35. The highest BCUT2D eigenvalue weighted by Gasteiger charge is 2.23. The molecule has 0 saturated carbocycles. The van der Waals surface area contributed by atoms with E-state index < -0.39 is 0 Å². The van der Waals surface area contributed by atoms with E-state index in [1.54, 1.807) is 35.5 Å². The first-order chi connectivity index (χ1) is 17.2. The lowest BCUT2D eigenvalue weighted by Crippen LogP contribution is -2.17. The maximum atomic E-state index is 15.4. The van der Waals surface area contributed by atoms with Gasteiger partial charge in [0, 0.05) is 54.7 Å². The molecule has 0 atom stereocenters. The summed E-state index contributed by atoms with van der Waals surface area (Å²) in [5.74, 6) is 0.0376. The Bertz CT molecular complexity index is 1490. The van der Waals surface area contributed by atoms with E-state index >= 15 is 4.39 Å². The van der Waals surface area contributed by atoms with Crippen molar-refractivity contribution in [3.63, 3.8) is 0 Å². The van der Waals surface area contributed by atoms with E-state index in [1.807, 2.05) is 24.5 Å². The van der Waals surface area contributed by atoms with Crippen LogP contribution in [0.1, 0.15) is 36.8 Å². The molecule has 0 radical (unpaired) electrons. The number of aryl methyl sites for hydroxylation is 1. The number of rotatable bonds is 5. The minimum atomic E-state index is -0.166. The van der Waals surface area contributed by atoms with E-state index in [9.17, 15) is 0 Å². The van der Waals surface area contributed by atoms with Crippen LogP contribution in [0.2, 0.25) is 0 Å². The second-order valence-electron chi connectivity index (χ2n) is 8.80. The molecule has 0 amide bonds. The van der Waals surface area contributed by atoms with Gasteiger partial charge in [0.25, 0.3) is 0 Å². The molecule has 0 spiro atoms. The van der Waals surface area contributed by atoms with Crippen LogP contribution in [-0.2, 0) is 11.2 Å². The zero-order valence-corrected chi connectivity index (χ0v) is 19.4. The summed E-state index contributed by atoms with van der Waals surface area (Å²) in [6, 6.07) is 7.46. The summed E-state index contributed by atoms with van der Waals surface area (Å²) in [6.45, 7) is 3.44. The molecular formula is C27H25FN6O. The number of halogens is 1. The lowest BCUT2D eigenvalue weighted by molar-refractivity contribution is 0.0844. The smallest absolute Gasteiger partial charge is 0.156 e. The van der Waals surface area contributed by atoms with Crippen LogP contribution in [0.3, 0.4) is 0 Å². The minimum Gasteiger partial charge on any atom is -0.381 e. The monoisotopic (exact) mass is 468 g/mol. The molecule has 0 aliphatic carbocycles. The number of hydrogen-bond donors (Lipinski definition) is 1. The molecular weight excluding hydrogens is 443 g/mol. The predicted octanol–water partition coefficient (Wildman–Crippen LogP) is 5.47. The zero-order valence-electron chi connectivity index (χ0n) is 19.4. The van der Waals surface area contributed by atoms with E-state index in [4.69, 9.17) is 9.72 Å². The molecule has 5 heterocycles. The van der Waals surface area contributed by atoms with Crippen molar-refractivity contribution in [2.24, 2.45) is 0 Å². The van der Waals surface area contributed by atoms with Gasteiger partial charge in [-0.15, -0.1) is 0 Å². The second-order valence-corrected chi connectivity index (χ2v) is 8.80. The van der Waals surface area contributed by atoms with Gasteiger partial charge >= 0.3 is 0 Å². The Labute approximate surface area is 202 Å². The molecule has 8 heteroatoms. The summed E-state index contributed by atoms with van der Waals surface area (Å²) in [5.41, 5.74) is 7.38. The normalized spacial score (nSPS) is 14.6. The third-order valence-corrected chi connectivity index (χ3v) is 6.72. The molecule has 4 aromatic heterocycles. The molecule has 1 N–H and O–H groups in total. The largest absolute Gasteiger partial charge is 0.381 e. The molecule has 7 nitrogen and oxygen atoms in total. The molecule has 176 valence electrons. The number of pyridine rings is 1. The van der Waals surface area contributed by atoms with Crippen LogP contribution in [0, 0.1) is 5.82 Å². The minimum absolute atomic E-state index is 0.166. The summed E-state index contributed by atoms with van der Waals surface area (Å²) in [5, 5.41) is 4.49. The van der Waals surface area contributed by atoms with Crippen LogP contribution in [0.15, 0.2) is 61.4 Å². The summed E-state index contributed by atoms with van der Waals surface area (Å²) in [6.07, 6.45) is 13.3. The second kappa shape index (κ2) is 9.03. The number of fused-ring (bicyclic) bond motifs is 1. The lowest BCUT2D eigenvalue weighted by Gasteiger charge is -2.25. The Morgan fingerprint density at radius 2 is 1.94 bits per heavy atom. The van der Waals surface area contributed by atoms with Crippen molar-refractivity contribution in [2.75, 3.05) is 13.2 Å². The molecule has 0 unspecified atom stereocenters. The molecule has 1 aliphatic rings. The summed E-state index contributed by atoms with van der Waals surface area (Å²) >= 11 is 0. The highest BCUT2D eigenvalue weighted by molar-refractivity contribution is 5.91. The van der Waals surface area contributed by atoms with Gasteiger partial charge in [-0.3, -0.25) is 4.98 Å². The molecule has 0 bridgehead atoms. The third-order valence-electron chi connectivity index (χ3n) is 6.72. The van der Waals surface area contributed by atoms with Crippen molar-refractivity contribution in [1.82, 2.24) is 29.7 Å². The predicted molar refractivity (Wildman–Crippen MR) is 132 cm³/mol. The van der Waals surface area contributed by atoms with Crippen LogP contribution in [0.5, 0.6) is 0 Å². The number of nitrogens with zero attached hydrogens (tertiary/aromatic N) is 5. The average molecular weight is 469 g/mol. The van der Waals surface area contributed by atoms with Gasteiger partial charge in [0.1, 0.15) is 11.3 Å². The summed E-state index contributed by atoms with van der Waals surface area (Å²) < 4.78 is 22.7. The fourth-order valence-electron chi connectivity index (χ4n) is 4.91. The fourth-order valence-corrected chi connectivity index (χ4v) is 4.91. The Kier molecular flexibility index (Phi) is 5.58. The molecule has 5 aromatic rings. The number of aromatic nitrogens is 6. The fraction of sp³-hybridized carbons (Fsp3) is 0.259. The Hall–Kier alpha value is -3.91. The van der Waals surface area contributed by atoms with Gasteiger partial charge in [0.15, 0.2) is 5.65 Å². The molecule has 1 fully saturated rings. The van der Waals surface area contributed by atoms with E-state index in [2.05, 4.69) is 33.0 Å². The van der Waals surface area contributed by atoms with Crippen molar-refractivity contribution in [3.8, 4) is 28.1 Å². The molecule has 35 heavy (non-hydrogen) atoms. The molecule has 6 rings (SSSR count). The SMILES string of the molecule is CCc1cc(-c2cnc3[nH]cc(-c4cnn(-c5ccncc5)c4)c3n2)cc(F)c1C1CCOCC1. The van der Waals surface area contributed by atoms with Crippen LogP contribution in [-0.4, -0.2) is 42.9 Å². The number of H-pyrrole nitrogens is 1. The zero-order chi connectivity index (χ0) is 23.8. The maximum absolute atomic E-state index is 15.4. The van der Waals surface area contributed by atoms with E-state index in [0.29, 0.717) is 24.6 Å². The van der Waals surface area contributed by atoms with Crippen LogP contribution in [0.25, 0.3) is 39.2 Å². The van der Waals surface area contributed by atoms with Crippen molar-refractivity contribution in [2.45, 2.75) is 32.1 Å². The van der Waals surface area contributed by atoms with E-state index in [0.717, 1.165) is 58.3 Å². The lowest BCUT2D eigenvalue weighted by atomic mass is 9.86. The third kappa shape index (κ3) is 4.00. The van der Waals surface area contributed by atoms with E-state index in [1.165, 1.54) is 0 Å². The standard InChI is InChI=1S/C27H25FN6O/c1-2-17-11-19(12-23(28)25(17)18-5-9-35-10-6-18)24-15-31-27-26(33-24)22(14-30-27)20-13-32-34(16-20)21-3-7-29-8-4-21/h3-4,7-8,11-16,18H,2,5-6,9-10H2,1H3,(H,30,31). The number of nitrogens with one attached hydrogen (secondary N) is 1. The van der Waals surface area contributed by atoms with Gasteiger partial charge in [-0.25, -0.2) is 19.0 Å². The van der Waals surface area contributed by atoms with E-state index in [-0.39, 0.29) is 11.7 Å². The first-order valence-corrected chi connectivity index (χ1v) is 11.9. The first-order valence-electron chi connectivity index (χ1n) is 11.9. The maximum Gasteiger partial charge on any atom is 0.156 e. The summed E-state index contributed by atoms with van der Waals surface area (Å²) in [4.78, 5) is 16.7. The van der Waals surface area contributed by atoms with Gasteiger partial charge in [-0.05, 0) is 60.6 Å². The molecule has 1 saturated heterocycles. The number of benzene rings is 1. The molecule has 1 aromatic carbocycles. The Morgan fingerprint density at radius 1 is 1.11 bits per heavy atom. The van der Waals surface area contributed by atoms with Gasteiger partial charge in [-0.2, -0.15) is 5.10 Å². The Morgan fingerprint density at radius 3 is 2.74 bits per heavy atom. The van der Waals surface area contributed by atoms with Gasteiger partial charge < -0.3 is 9.72 Å². The quantitative estimate of drug-likeness (QED) is 0.370.